The minimum Gasteiger partial charge on any atom is -0.450 e. The molecular weight excluding hydrogens is 540 g/mol. The van der Waals surface area contributed by atoms with Crippen LogP contribution in [-0.2, 0) is 22.6 Å². The molecule has 0 spiro atoms. The molecule has 0 heterocycles. The third kappa shape index (κ3) is 11.7. The van der Waals surface area contributed by atoms with Gasteiger partial charge < -0.3 is 25.4 Å². The van der Waals surface area contributed by atoms with Gasteiger partial charge in [0, 0.05) is 13.1 Å². The molecule has 32 heavy (non-hydrogen) atoms. The molecule has 1 saturated carbocycles. The second-order valence-electron chi connectivity index (χ2n) is 7.31. The summed E-state index contributed by atoms with van der Waals surface area (Å²) in [4.78, 5) is 16.3. The zero-order valence-corrected chi connectivity index (χ0v) is 20.7. The zero-order chi connectivity index (χ0) is 22.7. The van der Waals surface area contributed by atoms with Crippen molar-refractivity contribution in [1.29, 1.82) is 0 Å². The number of guanidine groups is 1. The number of halogens is 4. The summed E-state index contributed by atoms with van der Waals surface area (Å²) in [6, 6.07) is 7.06. The number of hydrogen-bond acceptors (Lipinski definition) is 4. The monoisotopic (exact) mass is 572 g/mol. The number of aliphatic imine (C=N–C) groups is 1. The van der Waals surface area contributed by atoms with Crippen molar-refractivity contribution in [3.8, 4) is 0 Å². The van der Waals surface area contributed by atoms with Gasteiger partial charge in [-0.3, -0.25) is 0 Å². The number of nitrogens with zero attached hydrogens (tertiary/aromatic N) is 1. The molecule has 7 nitrogen and oxygen atoms in total. The van der Waals surface area contributed by atoms with Gasteiger partial charge in [0.1, 0.15) is 6.61 Å². The average molecular weight is 572 g/mol. The normalized spacial score (nSPS) is 14.8. The summed E-state index contributed by atoms with van der Waals surface area (Å²) in [7, 11) is 0. The maximum Gasteiger partial charge on any atom is 0.411 e. The van der Waals surface area contributed by atoms with Crippen molar-refractivity contribution in [1.82, 2.24) is 16.0 Å². The molecule has 1 aliphatic carbocycles. The number of alkyl halides is 3. The van der Waals surface area contributed by atoms with Gasteiger partial charge in [0.25, 0.3) is 0 Å². The predicted molar refractivity (Wildman–Crippen MR) is 127 cm³/mol. The lowest BCUT2D eigenvalue weighted by molar-refractivity contribution is -0.176. The summed E-state index contributed by atoms with van der Waals surface area (Å²) in [5.41, 5.74) is 1.58. The van der Waals surface area contributed by atoms with Crippen LogP contribution in [-0.4, -0.2) is 50.6 Å². The Morgan fingerprint density at radius 1 is 1.16 bits per heavy atom. The van der Waals surface area contributed by atoms with Crippen LogP contribution < -0.4 is 16.0 Å². The molecule has 0 saturated heterocycles. The number of hydrogen-bond donors (Lipinski definition) is 3. The SMILES string of the molecule is CCNC(=NCc1ccc(COCC(F)(F)F)cc1)NCC(NC(=O)OCC)C1CC1.I. The van der Waals surface area contributed by atoms with Crippen molar-refractivity contribution in [2.75, 3.05) is 26.3 Å². The van der Waals surface area contributed by atoms with E-state index >= 15 is 0 Å². The van der Waals surface area contributed by atoms with E-state index in [-0.39, 0.29) is 36.6 Å². The molecule has 1 aromatic carbocycles. The number of ether oxygens (including phenoxy) is 2. The van der Waals surface area contributed by atoms with Crippen LogP contribution in [0.1, 0.15) is 37.8 Å². The van der Waals surface area contributed by atoms with Gasteiger partial charge in [-0.15, -0.1) is 24.0 Å². The fraction of sp³-hybridized carbons (Fsp3) is 0.619. The van der Waals surface area contributed by atoms with Crippen molar-refractivity contribution in [2.45, 2.75) is 52.1 Å². The first-order valence-electron chi connectivity index (χ1n) is 10.5. The Balaban J connectivity index is 0.00000512. The van der Waals surface area contributed by atoms with Crippen LogP contribution in [0.5, 0.6) is 0 Å². The van der Waals surface area contributed by atoms with E-state index in [1.165, 1.54) is 0 Å². The second kappa shape index (κ2) is 14.4. The van der Waals surface area contributed by atoms with Crippen molar-refractivity contribution >= 4 is 36.0 Å². The van der Waals surface area contributed by atoms with E-state index in [0.717, 1.165) is 18.4 Å². The molecule has 1 amide bonds. The Morgan fingerprint density at radius 3 is 2.38 bits per heavy atom. The predicted octanol–water partition coefficient (Wildman–Crippen LogP) is 3.96. The summed E-state index contributed by atoms with van der Waals surface area (Å²) in [6.07, 6.45) is -2.59. The first kappa shape index (κ1) is 28.3. The molecule has 1 aliphatic rings. The van der Waals surface area contributed by atoms with Gasteiger partial charge in [0.15, 0.2) is 5.96 Å². The smallest absolute Gasteiger partial charge is 0.411 e. The maximum atomic E-state index is 12.1. The number of rotatable bonds is 11. The second-order valence-corrected chi connectivity index (χ2v) is 7.31. The van der Waals surface area contributed by atoms with Crippen LogP contribution in [0.15, 0.2) is 29.3 Å². The van der Waals surface area contributed by atoms with Gasteiger partial charge >= 0.3 is 12.3 Å². The third-order valence-corrected chi connectivity index (χ3v) is 4.58. The number of benzene rings is 1. The zero-order valence-electron chi connectivity index (χ0n) is 18.3. The fourth-order valence-electron chi connectivity index (χ4n) is 2.90. The van der Waals surface area contributed by atoms with Gasteiger partial charge in [-0.05, 0) is 43.7 Å². The molecule has 0 bridgehead atoms. The molecule has 1 fully saturated rings. The van der Waals surface area contributed by atoms with Crippen LogP contribution in [0.25, 0.3) is 0 Å². The first-order valence-corrected chi connectivity index (χ1v) is 10.5. The van der Waals surface area contributed by atoms with Gasteiger partial charge in [0.2, 0.25) is 0 Å². The molecule has 2 rings (SSSR count). The number of carbonyl (C=O) groups is 1. The molecule has 1 unspecified atom stereocenters. The van der Waals surface area contributed by atoms with E-state index in [1.807, 2.05) is 19.1 Å². The molecule has 11 heteroatoms. The van der Waals surface area contributed by atoms with E-state index in [9.17, 15) is 18.0 Å². The van der Waals surface area contributed by atoms with Crippen LogP contribution >= 0.6 is 24.0 Å². The Kier molecular flexibility index (Phi) is 12.7. The summed E-state index contributed by atoms with van der Waals surface area (Å²) < 4.78 is 46.1. The molecule has 0 radical (unpaired) electrons. The van der Waals surface area contributed by atoms with Gasteiger partial charge in [-0.1, -0.05) is 24.3 Å². The highest BCUT2D eigenvalue weighted by molar-refractivity contribution is 14.0. The van der Waals surface area contributed by atoms with E-state index in [0.29, 0.717) is 43.7 Å². The summed E-state index contributed by atoms with van der Waals surface area (Å²) in [6.45, 7) is 4.31. The van der Waals surface area contributed by atoms with E-state index in [4.69, 9.17) is 4.74 Å². The fourth-order valence-corrected chi connectivity index (χ4v) is 2.90. The molecule has 0 aromatic heterocycles. The van der Waals surface area contributed by atoms with Crippen molar-refractivity contribution in [3.63, 3.8) is 0 Å². The van der Waals surface area contributed by atoms with Crippen LogP contribution in [0.3, 0.4) is 0 Å². The van der Waals surface area contributed by atoms with Gasteiger partial charge in [-0.25, -0.2) is 9.79 Å². The molecule has 1 aromatic rings. The Bertz CT molecular complexity index is 713. The molecule has 3 N–H and O–H groups in total. The van der Waals surface area contributed by atoms with Crippen LogP contribution in [0.2, 0.25) is 0 Å². The Hall–Kier alpha value is -1.76. The lowest BCUT2D eigenvalue weighted by Gasteiger charge is -2.20. The standard InChI is InChI=1S/C21H31F3N4O3.HI/c1-3-25-19(27-12-18(17-9-10-17)28-20(29)31-4-2)26-11-15-5-7-16(8-6-15)13-30-14-21(22,23)24;/h5-8,17-18H,3-4,9-14H2,1-2H3,(H,28,29)(H2,25,26,27);1H. The van der Waals surface area contributed by atoms with Crippen LogP contribution in [0.4, 0.5) is 18.0 Å². The summed E-state index contributed by atoms with van der Waals surface area (Å²) in [5.74, 6) is 1.06. The highest BCUT2D eigenvalue weighted by Gasteiger charge is 2.32. The third-order valence-electron chi connectivity index (χ3n) is 4.58. The highest BCUT2D eigenvalue weighted by atomic mass is 127. The minimum atomic E-state index is -4.32. The number of alkyl carbamates (subject to hydrolysis) is 1. The van der Waals surface area contributed by atoms with Crippen molar-refractivity contribution < 1.29 is 27.4 Å². The number of nitrogens with one attached hydrogen (secondary N) is 3. The lowest BCUT2D eigenvalue weighted by atomic mass is 10.1. The molecule has 1 atom stereocenters. The Morgan fingerprint density at radius 2 is 1.81 bits per heavy atom. The Labute approximate surface area is 203 Å². The van der Waals surface area contributed by atoms with Crippen LogP contribution in [0, 0.1) is 5.92 Å². The largest absolute Gasteiger partial charge is 0.450 e. The maximum absolute atomic E-state index is 12.1. The molecule has 182 valence electrons. The van der Waals surface area contributed by atoms with Crippen molar-refractivity contribution in [2.24, 2.45) is 10.9 Å². The average Bonchev–Trinajstić information content (AvgIpc) is 3.54. The first-order chi connectivity index (χ1) is 14.8. The highest BCUT2D eigenvalue weighted by Crippen LogP contribution is 2.32. The number of carbonyl (C=O) groups excluding carboxylic acids is 1. The van der Waals surface area contributed by atoms with Gasteiger partial charge in [0.05, 0.1) is 25.8 Å². The summed E-state index contributed by atoms with van der Waals surface area (Å²) in [5, 5.41) is 9.32. The molecule has 0 aliphatic heterocycles. The van der Waals surface area contributed by atoms with Crippen molar-refractivity contribution in [3.05, 3.63) is 35.4 Å². The topological polar surface area (TPSA) is 84.0 Å². The number of amides is 1. The van der Waals surface area contributed by atoms with Gasteiger partial charge in [-0.2, -0.15) is 13.2 Å². The van der Waals surface area contributed by atoms with E-state index in [1.54, 1.807) is 19.1 Å². The quantitative estimate of drug-likeness (QED) is 0.213. The molecular formula is C21H32F3IN4O3. The van der Waals surface area contributed by atoms with E-state index < -0.39 is 18.9 Å². The van der Waals surface area contributed by atoms with E-state index in [2.05, 4.69) is 25.7 Å². The minimum absolute atomic E-state index is 0. The lowest BCUT2D eigenvalue weighted by Crippen LogP contribution is -2.48. The summed E-state index contributed by atoms with van der Waals surface area (Å²) >= 11 is 0.